The highest BCUT2D eigenvalue weighted by Crippen LogP contribution is 2.20. The molecular formula is C41H77NO2. The van der Waals surface area contributed by atoms with Crippen molar-refractivity contribution >= 4 is 5.97 Å². The largest absolute Gasteiger partial charge is 0.550 e. The zero-order valence-electron chi connectivity index (χ0n) is 30.4. The molecule has 0 saturated carbocycles. The van der Waals surface area contributed by atoms with E-state index >= 15 is 0 Å². The van der Waals surface area contributed by atoms with Crippen LogP contribution in [0.25, 0.3) is 0 Å². The third kappa shape index (κ3) is 28.1. The predicted octanol–water partition coefficient (Wildman–Crippen LogP) is 12.0. The molecule has 0 unspecified atom stereocenters. The third-order valence-corrected chi connectivity index (χ3v) is 9.30. The van der Waals surface area contributed by atoms with Gasteiger partial charge in [0, 0.05) is 11.5 Å². The van der Waals surface area contributed by atoms with Crippen LogP contribution in [-0.2, 0) is 11.3 Å². The Labute approximate surface area is 276 Å². The van der Waals surface area contributed by atoms with E-state index in [1.54, 1.807) is 0 Å². The fourth-order valence-corrected chi connectivity index (χ4v) is 6.37. The summed E-state index contributed by atoms with van der Waals surface area (Å²) in [7, 11) is 0. The molecule has 44 heavy (non-hydrogen) atoms. The van der Waals surface area contributed by atoms with Gasteiger partial charge in [-0.1, -0.05) is 193 Å². The summed E-state index contributed by atoms with van der Waals surface area (Å²) in [6.07, 6.45) is 33.8. The lowest BCUT2D eigenvalue weighted by molar-refractivity contribution is -0.941. The van der Waals surface area contributed by atoms with E-state index in [0.717, 1.165) is 12.8 Å². The van der Waals surface area contributed by atoms with Crippen molar-refractivity contribution in [3.63, 3.8) is 0 Å². The van der Waals surface area contributed by atoms with Gasteiger partial charge in [-0.2, -0.15) is 0 Å². The van der Waals surface area contributed by atoms with Gasteiger partial charge in [-0.15, -0.1) is 0 Å². The van der Waals surface area contributed by atoms with E-state index in [1.807, 2.05) is 0 Å². The van der Waals surface area contributed by atoms with Crippen LogP contribution in [0.1, 0.15) is 200 Å². The van der Waals surface area contributed by atoms with Crippen LogP contribution < -0.4 is 5.11 Å². The van der Waals surface area contributed by atoms with Gasteiger partial charge < -0.3 is 14.4 Å². The molecule has 0 aliphatic rings. The molecule has 0 amide bonds. The lowest BCUT2D eigenvalue weighted by Crippen LogP contribution is -2.49. The van der Waals surface area contributed by atoms with Crippen LogP contribution in [0.3, 0.4) is 0 Å². The number of carboxylic acid groups (broad SMARTS) is 1. The minimum Gasteiger partial charge on any atom is -0.550 e. The van der Waals surface area contributed by atoms with E-state index in [9.17, 15) is 9.90 Å². The van der Waals surface area contributed by atoms with Gasteiger partial charge >= 0.3 is 0 Å². The van der Waals surface area contributed by atoms with Crippen LogP contribution in [0.2, 0.25) is 0 Å². The summed E-state index contributed by atoms with van der Waals surface area (Å²) in [4.78, 5) is 10.3. The molecule has 0 bridgehead atoms. The Balaban J connectivity index is 0.000000853. The van der Waals surface area contributed by atoms with Crippen molar-refractivity contribution in [1.82, 2.24) is 0 Å². The molecule has 0 N–H and O–H groups in total. The van der Waals surface area contributed by atoms with Crippen molar-refractivity contribution in [3.05, 3.63) is 35.9 Å². The van der Waals surface area contributed by atoms with Gasteiger partial charge in [0.05, 0.1) is 19.6 Å². The summed E-state index contributed by atoms with van der Waals surface area (Å²) in [6.45, 7) is 14.5. The normalized spacial score (nSPS) is 11.4. The molecule has 0 radical (unpaired) electrons. The number of benzene rings is 1. The molecular weight excluding hydrogens is 538 g/mol. The van der Waals surface area contributed by atoms with Crippen LogP contribution in [0.5, 0.6) is 0 Å². The van der Waals surface area contributed by atoms with E-state index in [2.05, 4.69) is 58.0 Å². The van der Waals surface area contributed by atoms with Gasteiger partial charge in [-0.25, -0.2) is 0 Å². The SMILES string of the molecule is CCCCCCCCCCCCCCCCCCCCCC(=O)[O-].CCCC[N+](CCCC)(CCCC)Cc1ccccc1. The van der Waals surface area contributed by atoms with Crippen molar-refractivity contribution in [1.29, 1.82) is 0 Å². The van der Waals surface area contributed by atoms with Crippen molar-refractivity contribution in [2.24, 2.45) is 0 Å². The average Bonchev–Trinajstić information content (AvgIpc) is 3.03. The van der Waals surface area contributed by atoms with E-state index in [4.69, 9.17) is 0 Å². The lowest BCUT2D eigenvalue weighted by atomic mass is 10.0. The van der Waals surface area contributed by atoms with Crippen molar-refractivity contribution in [2.45, 2.75) is 201 Å². The van der Waals surface area contributed by atoms with Crippen molar-refractivity contribution < 1.29 is 14.4 Å². The second kappa shape index (κ2) is 33.0. The van der Waals surface area contributed by atoms with E-state index < -0.39 is 5.97 Å². The van der Waals surface area contributed by atoms with Crippen molar-refractivity contribution in [2.75, 3.05) is 19.6 Å². The Morgan fingerprint density at radius 1 is 0.477 bits per heavy atom. The molecule has 0 atom stereocenters. The molecule has 0 saturated heterocycles. The zero-order chi connectivity index (χ0) is 32.4. The Morgan fingerprint density at radius 2 is 0.795 bits per heavy atom. The predicted molar refractivity (Wildman–Crippen MR) is 193 cm³/mol. The number of unbranched alkanes of at least 4 members (excludes halogenated alkanes) is 21. The van der Waals surface area contributed by atoms with Crippen LogP contribution in [-0.4, -0.2) is 30.1 Å². The number of carboxylic acids is 1. The van der Waals surface area contributed by atoms with Crippen LogP contribution >= 0.6 is 0 Å². The second-order valence-electron chi connectivity index (χ2n) is 13.7. The highest BCUT2D eigenvalue weighted by atomic mass is 16.4. The van der Waals surface area contributed by atoms with E-state index in [-0.39, 0.29) is 6.42 Å². The highest BCUT2D eigenvalue weighted by Gasteiger charge is 2.26. The third-order valence-electron chi connectivity index (χ3n) is 9.30. The fraction of sp³-hybridized carbons (Fsp3) is 0.829. The van der Waals surface area contributed by atoms with Gasteiger partial charge in [-0.05, 0) is 32.1 Å². The molecule has 0 aliphatic heterocycles. The molecule has 3 nitrogen and oxygen atoms in total. The minimum absolute atomic E-state index is 0.235. The summed E-state index contributed by atoms with van der Waals surface area (Å²) in [6, 6.07) is 11.1. The van der Waals surface area contributed by atoms with Crippen LogP contribution in [0, 0.1) is 0 Å². The van der Waals surface area contributed by atoms with Gasteiger partial charge in [0.25, 0.3) is 0 Å². The first-order chi connectivity index (χ1) is 21.5. The number of rotatable bonds is 31. The maximum Gasteiger partial charge on any atom is 0.104 e. The standard InChI is InChI=1S/C22H44O2.C19H34N/c1-2-3-4-5-6-7-8-9-10-11-12-13-14-15-16-17-18-19-20-21-22(23)24;1-4-7-15-20(16-8-5-2,17-9-6-3)18-19-13-11-10-12-14-19/h2-21H2,1H3,(H,23,24);10-14H,4-9,15-18H2,1-3H3/q;+1/p-1. The highest BCUT2D eigenvalue weighted by molar-refractivity contribution is 5.64. The number of carbonyl (C=O) groups excluding carboxylic acids is 1. The molecule has 1 aromatic carbocycles. The molecule has 0 spiro atoms. The molecule has 1 aromatic rings. The Morgan fingerprint density at radius 3 is 1.11 bits per heavy atom. The molecule has 0 aliphatic carbocycles. The lowest BCUT2D eigenvalue weighted by Gasteiger charge is -2.39. The number of aliphatic carboxylic acids is 1. The number of hydrogen-bond donors (Lipinski definition) is 0. The summed E-state index contributed by atoms with van der Waals surface area (Å²) in [5, 5.41) is 10.3. The molecule has 3 heteroatoms. The maximum absolute atomic E-state index is 10.3. The van der Waals surface area contributed by atoms with Crippen LogP contribution in [0.4, 0.5) is 0 Å². The summed E-state index contributed by atoms with van der Waals surface area (Å²) in [5.41, 5.74) is 1.51. The summed E-state index contributed by atoms with van der Waals surface area (Å²) < 4.78 is 1.31. The van der Waals surface area contributed by atoms with Crippen molar-refractivity contribution in [3.8, 4) is 0 Å². The second-order valence-corrected chi connectivity index (χ2v) is 13.7. The van der Waals surface area contributed by atoms with Gasteiger partial charge in [0.15, 0.2) is 0 Å². The Kier molecular flexibility index (Phi) is 32.0. The summed E-state index contributed by atoms with van der Waals surface area (Å²) in [5.74, 6) is -0.901. The molecule has 0 aromatic heterocycles. The molecule has 0 heterocycles. The first kappa shape index (κ1) is 42.6. The molecule has 258 valence electrons. The average molecular weight is 616 g/mol. The zero-order valence-corrected chi connectivity index (χ0v) is 30.4. The van der Waals surface area contributed by atoms with E-state index in [1.165, 1.54) is 184 Å². The number of nitrogens with zero attached hydrogens (tertiary/aromatic N) is 1. The van der Waals surface area contributed by atoms with Crippen LogP contribution in [0.15, 0.2) is 30.3 Å². The fourth-order valence-electron chi connectivity index (χ4n) is 6.37. The quantitative estimate of drug-likeness (QED) is 0.0615. The smallest absolute Gasteiger partial charge is 0.104 e. The van der Waals surface area contributed by atoms with Gasteiger partial charge in [-0.3, -0.25) is 0 Å². The van der Waals surface area contributed by atoms with Gasteiger partial charge in [0.2, 0.25) is 0 Å². The molecule has 1 rings (SSSR count). The molecule has 0 fully saturated rings. The summed E-state index contributed by atoms with van der Waals surface area (Å²) >= 11 is 0. The van der Waals surface area contributed by atoms with E-state index in [0.29, 0.717) is 0 Å². The monoisotopic (exact) mass is 616 g/mol. The Hall–Kier alpha value is -1.35. The number of hydrogen-bond acceptors (Lipinski definition) is 2. The van der Waals surface area contributed by atoms with Gasteiger partial charge in [0.1, 0.15) is 6.54 Å². The minimum atomic E-state index is -0.901. The number of quaternary nitrogens is 1. The number of carbonyl (C=O) groups is 1. The topological polar surface area (TPSA) is 40.1 Å². The Bertz CT molecular complexity index is 682. The first-order valence-electron chi connectivity index (χ1n) is 19.6. The first-order valence-corrected chi connectivity index (χ1v) is 19.6. The maximum atomic E-state index is 10.3.